The molecule has 254 valence electrons. The summed E-state index contributed by atoms with van der Waals surface area (Å²) in [6.07, 6.45) is -4.76. The first-order chi connectivity index (χ1) is 22.5. The largest absolute Gasteiger partial charge is 0.416 e. The number of rotatable bonds is 11. The Hall–Kier alpha value is -3.87. The lowest BCUT2D eigenvalue weighted by Gasteiger charge is -2.35. The predicted octanol–water partition coefficient (Wildman–Crippen LogP) is 7.87. The first kappa shape index (κ1) is 37.0. The van der Waals surface area contributed by atoms with Gasteiger partial charge >= 0.3 is 6.18 Å². The van der Waals surface area contributed by atoms with Crippen LogP contribution in [0.2, 0.25) is 5.02 Å². The van der Waals surface area contributed by atoms with Gasteiger partial charge in [0.15, 0.2) is 0 Å². The number of hydrogen-bond acceptors (Lipinski definition) is 4. The van der Waals surface area contributed by atoms with Crippen molar-refractivity contribution in [3.8, 4) is 0 Å². The Morgan fingerprint density at radius 1 is 0.854 bits per heavy atom. The van der Waals surface area contributed by atoms with Gasteiger partial charge in [-0.25, -0.2) is 8.42 Å². The number of sulfonamides is 1. The van der Waals surface area contributed by atoms with Crippen LogP contribution in [0.25, 0.3) is 0 Å². The maximum absolute atomic E-state index is 14.5. The van der Waals surface area contributed by atoms with Crippen molar-refractivity contribution >= 4 is 55.1 Å². The molecule has 4 aromatic carbocycles. The van der Waals surface area contributed by atoms with E-state index in [4.69, 9.17) is 11.6 Å². The van der Waals surface area contributed by atoms with Gasteiger partial charge in [0.2, 0.25) is 11.8 Å². The molecule has 2 amide bonds. The van der Waals surface area contributed by atoms with Crippen molar-refractivity contribution in [3.63, 3.8) is 0 Å². The molecule has 0 bridgehead atoms. The molecule has 0 aliphatic heterocycles. The zero-order valence-corrected chi connectivity index (χ0v) is 29.5. The van der Waals surface area contributed by atoms with Gasteiger partial charge < -0.3 is 10.2 Å². The monoisotopic (exact) mass is 763 g/mol. The summed E-state index contributed by atoms with van der Waals surface area (Å²) in [5.74, 6) is -1.33. The van der Waals surface area contributed by atoms with Crippen LogP contribution in [-0.4, -0.2) is 43.3 Å². The smallest absolute Gasteiger partial charge is 0.350 e. The quantitative estimate of drug-likeness (QED) is 0.169. The number of hydrogen-bond donors (Lipinski definition) is 1. The number of nitrogens with zero attached hydrogens (tertiary/aromatic N) is 2. The lowest BCUT2D eigenvalue weighted by Crippen LogP contribution is -2.56. The minimum absolute atomic E-state index is 0.0702. The van der Waals surface area contributed by atoms with Gasteiger partial charge in [-0.3, -0.25) is 13.9 Å². The van der Waals surface area contributed by atoms with Crippen molar-refractivity contribution < 1.29 is 31.2 Å². The lowest BCUT2D eigenvalue weighted by molar-refractivity contribution is -0.140. The highest BCUT2D eigenvalue weighted by Crippen LogP contribution is 2.37. The molecule has 0 aliphatic rings. The van der Waals surface area contributed by atoms with E-state index in [1.165, 1.54) is 29.2 Å². The van der Waals surface area contributed by atoms with Gasteiger partial charge in [0.1, 0.15) is 12.6 Å². The minimum atomic E-state index is -4.83. The van der Waals surface area contributed by atoms with E-state index in [9.17, 15) is 31.2 Å². The van der Waals surface area contributed by atoms with Crippen molar-refractivity contribution in [1.29, 1.82) is 0 Å². The summed E-state index contributed by atoms with van der Waals surface area (Å²) in [5.41, 5.74) is -1.02. The van der Waals surface area contributed by atoms with Gasteiger partial charge in [0.25, 0.3) is 10.0 Å². The van der Waals surface area contributed by atoms with Crippen LogP contribution < -0.4 is 9.62 Å². The number of halogens is 5. The second kappa shape index (κ2) is 15.1. The molecule has 0 saturated carbocycles. The molecule has 0 aliphatic carbocycles. The third kappa shape index (κ3) is 9.61. The molecule has 13 heteroatoms. The fourth-order valence-electron chi connectivity index (χ4n) is 4.91. The number of carbonyl (C=O) groups excluding carboxylic acids is 2. The van der Waals surface area contributed by atoms with E-state index in [2.05, 4.69) is 21.2 Å². The molecule has 4 rings (SSSR count). The van der Waals surface area contributed by atoms with Crippen LogP contribution in [0.15, 0.2) is 112 Å². The Morgan fingerprint density at radius 2 is 1.44 bits per heavy atom. The van der Waals surface area contributed by atoms with E-state index in [1.54, 1.807) is 75.4 Å². The zero-order valence-electron chi connectivity index (χ0n) is 26.3. The van der Waals surface area contributed by atoms with Crippen molar-refractivity contribution in [2.75, 3.05) is 10.8 Å². The molecule has 0 fully saturated rings. The Labute approximate surface area is 291 Å². The van der Waals surface area contributed by atoms with Crippen LogP contribution in [0, 0.1) is 0 Å². The van der Waals surface area contributed by atoms with E-state index >= 15 is 0 Å². The van der Waals surface area contributed by atoms with Crippen molar-refractivity contribution in [2.45, 2.75) is 56.4 Å². The van der Waals surface area contributed by atoms with Gasteiger partial charge in [-0.15, -0.1) is 0 Å². The second-order valence-corrected chi connectivity index (χ2v) is 15.3. The Balaban J connectivity index is 1.88. The summed E-state index contributed by atoms with van der Waals surface area (Å²) in [7, 11) is -4.65. The Bertz CT molecular complexity index is 1840. The third-order valence-electron chi connectivity index (χ3n) is 7.19. The summed E-state index contributed by atoms with van der Waals surface area (Å²) >= 11 is 9.76. The molecule has 0 unspecified atom stereocenters. The summed E-state index contributed by atoms with van der Waals surface area (Å²) in [6.45, 7) is 4.29. The molecule has 7 nitrogen and oxygen atoms in total. The lowest BCUT2D eigenvalue weighted by atomic mass is 10.0. The maximum atomic E-state index is 14.5. The van der Waals surface area contributed by atoms with Gasteiger partial charge in [-0.05, 0) is 74.4 Å². The molecular weight excluding hydrogens is 731 g/mol. The standard InChI is InChI=1S/C35H34BrClF3N3O4S/c1-34(2,3)41-33(45)31(20-24-10-6-4-7-11-24)42(22-25-14-17-27(36)18-15-25)32(44)23-43(48(46,47)28-12-8-5-9-13-28)30-21-26(35(38,39)40)16-19-29(30)37/h4-19,21,31H,20,22-23H2,1-3H3,(H,41,45)/t31-/m1/s1. The maximum Gasteiger partial charge on any atom is 0.416 e. The number of anilines is 1. The number of carbonyl (C=O) groups is 2. The molecule has 1 N–H and O–H groups in total. The van der Waals surface area contributed by atoms with E-state index < -0.39 is 57.4 Å². The van der Waals surface area contributed by atoms with Crippen molar-refractivity contribution in [1.82, 2.24) is 10.2 Å². The van der Waals surface area contributed by atoms with E-state index in [0.29, 0.717) is 15.9 Å². The summed E-state index contributed by atoms with van der Waals surface area (Å²) in [6, 6.07) is 24.1. The van der Waals surface area contributed by atoms with Crippen LogP contribution in [0.5, 0.6) is 0 Å². The molecule has 48 heavy (non-hydrogen) atoms. The van der Waals surface area contributed by atoms with Crippen LogP contribution in [0.4, 0.5) is 18.9 Å². The fraction of sp³-hybridized carbons (Fsp3) is 0.257. The Morgan fingerprint density at radius 3 is 2.00 bits per heavy atom. The van der Waals surface area contributed by atoms with E-state index in [0.717, 1.165) is 22.2 Å². The van der Waals surface area contributed by atoms with Gasteiger partial charge in [-0.2, -0.15) is 13.2 Å². The fourth-order valence-corrected chi connectivity index (χ4v) is 6.89. The summed E-state index contributed by atoms with van der Waals surface area (Å²) in [5, 5.41) is 2.61. The second-order valence-electron chi connectivity index (χ2n) is 12.1. The molecule has 4 aromatic rings. The minimum Gasteiger partial charge on any atom is -0.350 e. The molecule has 0 aromatic heterocycles. The highest BCUT2D eigenvalue weighted by atomic mass is 79.9. The van der Waals surface area contributed by atoms with Gasteiger partial charge in [0, 0.05) is 23.0 Å². The number of alkyl halides is 3. The molecule has 0 spiro atoms. The average molecular weight is 765 g/mol. The normalized spacial score (nSPS) is 12.7. The SMILES string of the molecule is CC(C)(C)NC(=O)[C@@H](Cc1ccccc1)N(Cc1ccc(Br)cc1)C(=O)CN(c1cc(C(F)(F)F)ccc1Cl)S(=O)(=O)c1ccccc1. The number of benzene rings is 4. The van der Waals surface area contributed by atoms with E-state index in [1.807, 2.05) is 6.07 Å². The van der Waals surface area contributed by atoms with Crippen LogP contribution in [-0.2, 0) is 38.8 Å². The highest BCUT2D eigenvalue weighted by molar-refractivity contribution is 9.10. The molecule has 0 saturated heterocycles. The third-order valence-corrected chi connectivity index (χ3v) is 9.81. The summed E-state index contributed by atoms with van der Waals surface area (Å²) < 4.78 is 71.1. The number of amides is 2. The van der Waals surface area contributed by atoms with Gasteiger partial charge in [0.05, 0.1) is 21.2 Å². The molecular formula is C35H34BrClF3N3O4S. The predicted molar refractivity (Wildman–Crippen MR) is 184 cm³/mol. The topological polar surface area (TPSA) is 86.8 Å². The summed E-state index contributed by atoms with van der Waals surface area (Å²) in [4.78, 5) is 29.5. The molecule has 1 atom stereocenters. The molecule has 0 heterocycles. The zero-order chi connectivity index (χ0) is 35.3. The first-order valence-electron chi connectivity index (χ1n) is 14.8. The van der Waals surface area contributed by atoms with E-state index in [-0.39, 0.29) is 22.9 Å². The van der Waals surface area contributed by atoms with Crippen molar-refractivity contribution in [2.24, 2.45) is 0 Å². The van der Waals surface area contributed by atoms with Crippen LogP contribution in [0.1, 0.15) is 37.5 Å². The van der Waals surface area contributed by atoms with Crippen molar-refractivity contribution in [3.05, 3.63) is 129 Å². The van der Waals surface area contributed by atoms with Gasteiger partial charge in [-0.1, -0.05) is 88.2 Å². The molecule has 0 radical (unpaired) electrons. The highest BCUT2D eigenvalue weighted by Gasteiger charge is 2.38. The van der Waals surface area contributed by atoms with Crippen LogP contribution in [0.3, 0.4) is 0 Å². The number of nitrogens with one attached hydrogen (secondary N) is 1. The Kier molecular flexibility index (Phi) is 11.6. The van der Waals surface area contributed by atoms with Crippen LogP contribution >= 0.6 is 27.5 Å². The average Bonchev–Trinajstić information content (AvgIpc) is 3.02. The first-order valence-corrected chi connectivity index (χ1v) is 17.4.